The molecule has 0 saturated heterocycles. The quantitative estimate of drug-likeness (QED) is 0.186. The molecule has 1 aromatic heterocycles. The highest BCUT2D eigenvalue weighted by Crippen LogP contribution is 2.18. The lowest BCUT2D eigenvalue weighted by molar-refractivity contribution is -0.144. The molecule has 4 unspecified atom stereocenters. The van der Waals surface area contributed by atoms with E-state index in [0.717, 1.165) is 16.5 Å². The monoisotopic (exact) mass is 465 g/mol. The second-order valence-corrected chi connectivity index (χ2v) is 7.62. The number of para-hydroxylation sites is 1. The fourth-order valence-electron chi connectivity index (χ4n) is 3.01. The van der Waals surface area contributed by atoms with Crippen molar-refractivity contribution in [1.29, 1.82) is 0 Å². The number of hydrogen-bond acceptors (Lipinski definition) is 7. The predicted molar refractivity (Wildman–Crippen MR) is 120 cm³/mol. The van der Waals surface area contributed by atoms with Crippen molar-refractivity contribution in [2.24, 2.45) is 5.73 Å². The van der Waals surface area contributed by atoms with Gasteiger partial charge in [0, 0.05) is 22.9 Å². The number of benzene rings is 1. The van der Waals surface area contributed by atoms with Gasteiger partial charge in [0.25, 0.3) is 0 Å². The van der Waals surface area contributed by atoms with Gasteiger partial charge in [-0.15, -0.1) is 0 Å². The summed E-state index contributed by atoms with van der Waals surface area (Å²) in [5, 5.41) is 26.2. The van der Waals surface area contributed by atoms with Crippen LogP contribution in [0.5, 0.6) is 0 Å². The molecule has 0 aliphatic heterocycles. The Morgan fingerprint density at radius 1 is 1.16 bits per heavy atom. The van der Waals surface area contributed by atoms with E-state index in [1.165, 1.54) is 6.92 Å². The number of thiol groups is 1. The number of aromatic nitrogens is 1. The van der Waals surface area contributed by atoms with E-state index in [-0.39, 0.29) is 12.2 Å². The zero-order valence-corrected chi connectivity index (χ0v) is 18.3. The van der Waals surface area contributed by atoms with Gasteiger partial charge in [-0.1, -0.05) is 18.2 Å². The van der Waals surface area contributed by atoms with E-state index in [9.17, 15) is 24.3 Å². The molecule has 8 N–H and O–H groups in total. The van der Waals surface area contributed by atoms with E-state index in [2.05, 4.69) is 33.6 Å². The summed E-state index contributed by atoms with van der Waals surface area (Å²) in [7, 11) is 0. The minimum atomic E-state index is -1.51. The molecule has 32 heavy (non-hydrogen) atoms. The number of amides is 3. The normalized spacial score (nSPS) is 14.8. The Morgan fingerprint density at radius 2 is 1.84 bits per heavy atom. The fourth-order valence-corrected chi connectivity index (χ4v) is 3.26. The van der Waals surface area contributed by atoms with Gasteiger partial charge in [-0.05, 0) is 25.0 Å². The summed E-state index contributed by atoms with van der Waals surface area (Å²) in [5.41, 5.74) is 7.79. The van der Waals surface area contributed by atoms with Crippen molar-refractivity contribution in [3.8, 4) is 0 Å². The molecule has 0 bridgehead atoms. The van der Waals surface area contributed by atoms with Gasteiger partial charge in [-0.2, -0.15) is 12.6 Å². The first kappa shape index (κ1) is 25.2. The number of rotatable bonds is 11. The molecule has 12 heteroatoms. The summed E-state index contributed by atoms with van der Waals surface area (Å²) in [5.74, 6) is -3.53. The van der Waals surface area contributed by atoms with Gasteiger partial charge in [0.05, 0.1) is 18.7 Å². The zero-order chi connectivity index (χ0) is 23.8. The van der Waals surface area contributed by atoms with E-state index < -0.39 is 54.5 Å². The van der Waals surface area contributed by atoms with E-state index in [1.54, 1.807) is 6.20 Å². The number of carbonyl (C=O) groups is 4. The molecule has 4 atom stereocenters. The van der Waals surface area contributed by atoms with Crippen molar-refractivity contribution in [2.45, 2.75) is 37.6 Å². The molecule has 0 spiro atoms. The third-order valence-corrected chi connectivity index (χ3v) is 5.12. The van der Waals surface area contributed by atoms with Crippen molar-refractivity contribution in [3.05, 3.63) is 36.0 Å². The lowest BCUT2D eigenvalue weighted by Gasteiger charge is -2.20. The summed E-state index contributed by atoms with van der Waals surface area (Å²) in [4.78, 5) is 50.8. The van der Waals surface area contributed by atoms with Crippen LogP contribution in [0.15, 0.2) is 30.5 Å². The van der Waals surface area contributed by atoms with Crippen molar-refractivity contribution in [3.63, 3.8) is 0 Å². The van der Waals surface area contributed by atoms with E-state index in [0.29, 0.717) is 0 Å². The Hall–Kier alpha value is -3.09. The van der Waals surface area contributed by atoms with Gasteiger partial charge in [-0.25, -0.2) is 4.79 Å². The van der Waals surface area contributed by atoms with Crippen LogP contribution in [0, 0.1) is 0 Å². The number of carboxylic acid groups (broad SMARTS) is 1. The predicted octanol–water partition coefficient (Wildman–Crippen LogP) is -1.48. The number of hydrogen-bond donors (Lipinski definition) is 8. The number of aliphatic hydroxyl groups excluding tert-OH is 1. The van der Waals surface area contributed by atoms with Crippen LogP contribution >= 0.6 is 12.6 Å². The van der Waals surface area contributed by atoms with Gasteiger partial charge in [0.1, 0.15) is 6.04 Å². The average molecular weight is 466 g/mol. The zero-order valence-electron chi connectivity index (χ0n) is 17.4. The van der Waals surface area contributed by atoms with Crippen molar-refractivity contribution in [2.75, 3.05) is 12.3 Å². The largest absolute Gasteiger partial charge is 0.480 e. The second kappa shape index (κ2) is 11.5. The Kier molecular flexibility index (Phi) is 9.05. The maximum absolute atomic E-state index is 12.5. The van der Waals surface area contributed by atoms with Crippen LogP contribution in [0.2, 0.25) is 0 Å². The molecule has 0 saturated carbocycles. The number of nitrogens with one attached hydrogen (secondary N) is 4. The summed E-state index contributed by atoms with van der Waals surface area (Å²) >= 11 is 4.06. The number of carbonyl (C=O) groups excluding carboxylic acids is 3. The Labute approximate surface area is 189 Å². The molecule has 1 aromatic carbocycles. The lowest BCUT2D eigenvalue weighted by atomic mass is 10.0. The minimum absolute atomic E-state index is 0.0512. The molecular weight excluding hydrogens is 438 g/mol. The molecule has 0 radical (unpaired) electrons. The van der Waals surface area contributed by atoms with Gasteiger partial charge in [0.15, 0.2) is 6.04 Å². The highest BCUT2D eigenvalue weighted by atomic mass is 32.1. The first-order chi connectivity index (χ1) is 15.1. The maximum atomic E-state index is 12.5. The fraction of sp³-hybridized carbons (Fsp3) is 0.400. The molecule has 0 aliphatic rings. The molecule has 0 fully saturated rings. The first-order valence-electron chi connectivity index (χ1n) is 9.83. The van der Waals surface area contributed by atoms with Gasteiger partial charge < -0.3 is 36.9 Å². The molecule has 3 amide bonds. The van der Waals surface area contributed by atoms with Gasteiger partial charge >= 0.3 is 5.97 Å². The molecule has 2 rings (SSSR count). The summed E-state index contributed by atoms with van der Waals surface area (Å²) in [6.07, 6.45) is 0.696. The Bertz CT molecular complexity index is 978. The van der Waals surface area contributed by atoms with Crippen LogP contribution in [0.3, 0.4) is 0 Å². The van der Waals surface area contributed by atoms with Gasteiger partial charge in [-0.3, -0.25) is 14.4 Å². The SMILES string of the molecule is CC(O)C(NC(=O)CNC(=O)C(CS)NC(=O)C(N)Cc1c[nH]c2ccccc12)C(=O)O. The summed E-state index contributed by atoms with van der Waals surface area (Å²) < 4.78 is 0. The van der Waals surface area contributed by atoms with Crippen molar-refractivity contribution < 1.29 is 29.4 Å². The number of H-pyrrole nitrogens is 1. The smallest absolute Gasteiger partial charge is 0.328 e. The van der Waals surface area contributed by atoms with Crippen LogP contribution in [0.1, 0.15) is 12.5 Å². The molecule has 11 nitrogen and oxygen atoms in total. The number of nitrogens with two attached hydrogens (primary N) is 1. The summed E-state index contributed by atoms with van der Waals surface area (Å²) in [6, 6.07) is 4.09. The topological polar surface area (TPSA) is 187 Å². The molecular formula is C20H27N5O6S. The first-order valence-corrected chi connectivity index (χ1v) is 10.5. The van der Waals surface area contributed by atoms with E-state index in [1.807, 2.05) is 24.3 Å². The van der Waals surface area contributed by atoms with E-state index >= 15 is 0 Å². The highest BCUT2D eigenvalue weighted by molar-refractivity contribution is 7.80. The van der Waals surface area contributed by atoms with Crippen molar-refractivity contribution in [1.82, 2.24) is 20.9 Å². The average Bonchev–Trinajstić information content (AvgIpc) is 3.16. The maximum Gasteiger partial charge on any atom is 0.328 e. The number of fused-ring (bicyclic) bond motifs is 1. The van der Waals surface area contributed by atoms with Gasteiger partial charge in [0.2, 0.25) is 17.7 Å². The second-order valence-electron chi connectivity index (χ2n) is 7.26. The van der Waals surface area contributed by atoms with Crippen LogP contribution in [-0.4, -0.2) is 75.4 Å². The number of carboxylic acids is 1. The van der Waals surface area contributed by atoms with Crippen LogP contribution < -0.4 is 21.7 Å². The third kappa shape index (κ3) is 6.70. The molecule has 2 aromatic rings. The Balaban J connectivity index is 1.88. The molecule has 0 aliphatic carbocycles. The third-order valence-electron chi connectivity index (χ3n) is 4.76. The number of aromatic amines is 1. The number of aliphatic carboxylic acids is 1. The van der Waals surface area contributed by atoms with Crippen LogP contribution in [-0.2, 0) is 25.6 Å². The lowest BCUT2D eigenvalue weighted by Crippen LogP contribution is -2.55. The highest BCUT2D eigenvalue weighted by Gasteiger charge is 2.26. The van der Waals surface area contributed by atoms with Crippen LogP contribution in [0.25, 0.3) is 10.9 Å². The standard InChI is InChI=1S/C20H27N5O6S/c1-10(26)17(20(30)31)25-16(27)8-23-19(29)15(9-32)24-18(28)13(21)6-11-7-22-14-5-3-2-4-12(11)14/h2-5,7,10,13,15,17,22,26,32H,6,8-9,21H2,1H3,(H,23,29)(H,24,28)(H,25,27)(H,30,31). The summed E-state index contributed by atoms with van der Waals surface area (Å²) in [6.45, 7) is 0.667. The minimum Gasteiger partial charge on any atom is -0.480 e. The molecule has 1 heterocycles. The van der Waals surface area contributed by atoms with Crippen molar-refractivity contribution >= 4 is 47.2 Å². The van der Waals surface area contributed by atoms with E-state index in [4.69, 9.17) is 10.8 Å². The number of aliphatic hydroxyl groups is 1. The molecule has 174 valence electrons. The van der Waals surface area contributed by atoms with Crippen LogP contribution in [0.4, 0.5) is 0 Å². The Morgan fingerprint density at radius 3 is 2.47 bits per heavy atom.